The van der Waals surface area contributed by atoms with E-state index >= 15 is 0 Å². The number of H-pyrrole nitrogens is 1. The number of hydrogen-bond donors (Lipinski definition) is 1. The Balaban J connectivity index is 2.40. The molecule has 8 heteroatoms. The molecule has 0 radical (unpaired) electrons. The fourth-order valence-corrected chi connectivity index (χ4v) is 3.39. The molecule has 0 amide bonds. The molecular formula is C14H11ClFN3O2S. The van der Waals surface area contributed by atoms with Crippen molar-refractivity contribution in [2.24, 2.45) is 0 Å². The minimum Gasteiger partial charge on any atom is -0.357 e. The Kier molecular flexibility index (Phi) is 3.41. The van der Waals surface area contributed by atoms with Crippen molar-refractivity contribution in [3.8, 4) is 11.3 Å². The first-order chi connectivity index (χ1) is 10.3. The molecule has 0 fully saturated rings. The van der Waals surface area contributed by atoms with Gasteiger partial charge in [-0.25, -0.2) is 12.8 Å². The number of sulfone groups is 1. The van der Waals surface area contributed by atoms with Crippen LogP contribution in [0.3, 0.4) is 0 Å². The molecule has 0 saturated heterocycles. The summed E-state index contributed by atoms with van der Waals surface area (Å²) in [6, 6.07) is 5.50. The molecule has 1 aromatic carbocycles. The highest BCUT2D eigenvalue weighted by atomic mass is 35.5. The second-order valence-electron chi connectivity index (χ2n) is 4.96. The van der Waals surface area contributed by atoms with Gasteiger partial charge in [-0.05, 0) is 31.2 Å². The molecule has 5 nitrogen and oxygen atoms in total. The Morgan fingerprint density at radius 2 is 1.95 bits per heavy atom. The molecule has 0 atom stereocenters. The number of nitrogens with zero attached hydrogens (tertiary/aromatic N) is 2. The Morgan fingerprint density at radius 3 is 2.55 bits per heavy atom. The first kappa shape index (κ1) is 14.9. The van der Waals surface area contributed by atoms with Crippen LogP contribution in [0.1, 0.15) is 5.69 Å². The van der Waals surface area contributed by atoms with E-state index in [1.165, 1.54) is 6.07 Å². The number of aromatic nitrogens is 3. The van der Waals surface area contributed by atoms with E-state index in [2.05, 4.69) is 15.2 Å². The molecule has 0 unspecified atom stereocenters. The van der Waals surface area contributed by atoms with E-state index in [4.69, 9.17) is 11.6 Å². The van der Waals surface area contributed by atoms with E-state index in [1.807, 2.05) is 0 Å². The van der Waals surface area contributed by atoms with Crippen LogP contribution in [-0.4, -0.2) is 29.9 Å². The van der Waals surface area contributed by atoms with Gasteiger partial charge in [0.15, 0.2) is 15.0 Å². The topological polar surface area (TPSA) is 75.7 Å². The number of nitrogens with one attached hydrogen (secondary N) is 1. The van der Waals surface area contributed by atoms with E-state index in [9.17, 15) is 12.8 Å². The zero-order valence-electron chi connectivity index (χ0n) is 11.7. The van der Waals surface area contributed by atoms with E-state index in [1.54, 1.807) is 19.1 Å². The maximum Gasteiger partial charge on any atom is 0.177 e. The molecule has 0 bridgehead atoms. The smallest absolute Gasteiger partial charge is 0.177 e. The third-order valence-corrected chi connectivity index (χ3v) is 4.63. The molecule has 0 aliphatic carbocycles. The Labute approximate surface area is 131 Å². The van der Waals surface area contributed by atoms with Gasteiger partial charge >= 0.3 is 0 Å². The molecule has 2 aromatic heterocycles. The SMILES string of the molecule is Cc1[nH]c2c(S(C)(=O)=O)cc(F)cc2c1-c1ccc(Cl)nn1. The van der Waals surface area contributed by atoms with Crippen molar-refractivity contribution >= 4 is 32.3 Å². The van der Waals surface area contributed by atoms with Gasteiger partial charge in [0.05, 0.1) is 16.1 Å². The average Bonchev–Trinajstić information content (AvgIpc) is 2.74. The Morgan fingerprint density at radius 1 is 1.23 bits per heavy atom. The summed E-state index contributed by atoms with van der Waals surface area (Å²) in [6.45, 7) is 1.76. The Bertz CT molecular complexity index is 981. The number of halogens is 2. The molecular weight excluding hydrogens is 329 g/mol. The second kappa shape index (κ2) is 5.03. The van der Waals surface area contributed by atoms with Crippen LogP contribution in [0.15, 0.2) is 29.2 Å². The fraction of sp³-hybridized carbons (Fsp3) is 0.143. The number of rotatable bonds is 2. The highest BCUT2D eigenvalue weighted by Crippen LogP contribution is 2.34. The summed E-state index contributed by atoms with van der Waals surface area (Å²) >= 11 is 5.72. The summed E-state index contributed by atoms with van der Waals surface area (Å²) in [6.07, 6.45) is 1.04. The summed E-state index contributed by atoms with van der Waals surface area (Å²) < 4.78 is 37.6. The van der Waals surface area contributed by atoms with Crippen molar-refractivity contribution in [1.82, 2.24) is 15.2 Å². The quantitative estimate of drug-likeness (QED) is 0.778. The minimum absolute atomic E-state index is 0.0845. The summed E-state index contributed by atoms with van der Waals surface area (Å²) in [5.74, 6) is -0.630. The largest absolute Gasteiger partial charge is 0.357 e. The number of aromatic amines is 1. The van der Waals surface area contributed by atoms with Gasteiger partial charge in [0.2, 0.25) is 0 Å². The van der Waals surface area contributed by atoms with Crippen molar-refractivity contribution < 1.29 is 12.8 Å². The van der Waals surface area contributed by atoms with Gasteiger partial charge in [0, 0.05) is 22.9 Å². The first-order valence-corrected chi connectivity index (χ1v) is 8.56. The van der Waals surface area contributed by atoms with Crippen molar-refractivity contribution in [2.75, 3.05) is 6.26 Å². The van der Waals surface area contributed by atoms with Gasteiger partial charge in [0.1, 0.15) is 5.82 Å². The third-order valence-electron chi connectivity index (χ3n) is 3.31. The summed E-state index contributed by atoms with van der Waals surface area (Å²) in [5.41, 5.74) is 2.11. The van der Waals surface area contributed by atoms with Gasteiger partial charge in [-0.3, -0.25) is 0 Å². The Hall–Kier alpha value is -1.99. The van der Waals surface area contributed by atoms with Gasteiger partial charge in [0.25, 0.3) is 0 Å². The van der Waals surface area contributed by atoms with Crippen LogP contribution in [0.25, 0.3) is 22.2 Å². The maximum atomic E-state index is 13.9. The monoisotopic (exact) mass is 339 g/mol. The van der Waals surface area contributed by atoms with Crippen LogP contribution in [0, 0.1) is 12.7 Å². The highest BCUT2D eigenvalue weighted by molar-refractivity contribution is 7.91. The molecule has 1 N–H and O–H groups in total. The van der Waals surface area contributed by atoms with Crippen molar-refractivity contribution in [2.45, 2.75) is 11.8 Å². The lowest BCUT2D eigenvalue weighted by Gasteiger charge is -2.03. The second-order valence-corrected chi connectivity index (χ2v) is 7.34. The first-order valence-electron chi connectivity index (χ1n) is 6.29. The van der Waals surface area contributed by atoms with E-state index < -0.39 is 15.7 Å². The van der Waals surface area contributed by atoms with Crippen molar-refractivity contribution in [3.63, 3.8) is 0 Å². The summed E-state index contributed by atoms with van der Waals surface area (Å²) in [5, 5.41) is 8.42. The van der Waals surface area contributed by atoms with Crippen LogP contribution < -0.4 is 0 Å². The average molecular weight is 340 g/mol. The van der Waals surface area contributed by atoms with Crippen molar-refractivity contribution in [1.29, 1.82) is 0 Å². The van der Waals surface area contributed by atoms with Crippen LogP contribution in [0.4, 0.5) is 4.39 Å². The molecule has 3 rings (SSSR count). The molecule has 2 heterocycles. The van der Waals surface area contributed by atoms with Gasteiger partial charge in [-0.2, -0.15) is 0 Å². The number of fused-ring (bicyclic) bond motifs is 1. The predicted molar refractivity (Wildman–Crippen MR) is 82.1 cm³/mol. The molecule has 22 heavy (non-hydrogen) atoms. The lowest BCUT2D eigenvalue weighted by atomic mass is 10.1. The molecule has 3 aromatic rings. The van der Waals surface area contributed by atoms with E-state index in [0.717, 1.165) is 12.3 Å². The molecule has 0 spiro atoms. The van der Waals surface area contributed by atoms with Crippen LogP contribution in [0.5, 0.6) is 0 Å². The lowest BCUT2D eigenvalue weighted by molar-refractivity contribution is 0.597. The molecule has 0 aliphatic heterocycles. The zero-order valence-corrected chi connectivity index (χ0v) is 13.3. The number of benzene rings is 1. The third kappa shape index (κ3) is 2.46. The van der Waals surface area contributed by atoms with Crippen LogP contribution >= 0.6 is 11.6 Å². The predicted octanol–water partition coefficient (Wildman–Crippen LogP) is 3.13. The molecule has 114 valence electrons. The highest BCUT2D eigenvalue weighted by Gasteiger charge is 2.20. The van der Waals surface area contributed by atoms with E-state index in [0.29, 0.717) is 27.9 Å². The molecule has 0 saturated carbocycles. The summed E-state index contributed by atoms with van der Waals surface area (Å²) in [7, 11) is -3.57. The number of aryl methyl sites for hydroxylation is 1. The zero-order chi connectivity index (χ0) is 16.1. The van der Waals surface area contributed by atoms with Gasteiger partial charge in [-0.15, -0.1) is 10.2 Å². The standard InChI is InChI=1S/C14H11ClFN3O2S/c1-7-13(10-3-4-12(15)19-18-10)9-5-8(16)6-11(14(9)17-7)22(2,20)21/h3-6,17H,1-2H3. The fourth-order valence-electron chi connectivity index (χ4n) is 2.43. The minimum atomic E-state index is -3.57. The maximum absolute atomic E-state index is 13.9. The van der Waals surface area contributed by atoms with Gasteiger partial charge < -0.3 is 4.98 Å². The molecule has 0 aliphatic rings. The summed E-state index contributed by atoms with van der Waals surface area (Å²) in [4.78, 5) is 2.91. The van der Waals surface area contributed by atoms with Crippen LogP contribution in [-0.2, 0) is 9.84 Å². The van der Waals surface area contributed by atoms with Crippen LogP contribution in [0.2, 0.25) is 5.15 Å². The van der Waals surface area contributed by atoms with E-state index in [-0.39, 0.29) is 10.0 Å². The lowest BCUT2D eigenvalue weighted by Crippen LogP contribution is -1.99. The van der Waals surface area contributed by atoms with Gasteiger partial charge in [-0.1, -0.05) is 11.6 Å². The van der Waals surface area contributed by atoms with Crippen molar-refractivity contribution in [3.05, 3.63) is 40.9 Å². The number of hydrogen-bond acceptors (Lipinski definition) is 4. The normalized spacial score (nSPS) is 12.0.